The predicted octanol–water partition coefficient (Wildman–Crippen LogP) is 1.49. The van der Waals surface area contributed by atoms with E-state index in [1.54, 1.807) is 25.1 Å². The van der Waals surface area contributed by atoms with E-state index in [-0.39, 0.29) is 12.3 Å². The summed E-state index contributed by atoms with van der Waals surface area (Å²) in [7, 11) is 0. The van der Waals surface area contributed by atoms with E-state index in [1.165, 1.54) is 17.3 Å². The molecule has 2 aromatic rings. The number of rotatable bonds is 6. The fraction of sp³-hybridized carbons (Fsp3) is 0.286. The lowest BCUT2D eigenvalue weighted by Crippen LogP contribution is -2.24. The Labute approximate surface area is 121 Å². The maximum atomic E-state index is 12.2. The first-order chi connectivity index (χ1) is 10.1. The molecule has 21 heavy (non-hydrogen) atoms. The summed E-state index contributed by atoms with van der Waals surface area (Å²) in [5.41, 5.74) is 1.41. The number of carbonyl (C=O) groups excluding carboxylic acids is 1. The van der Waals surface area contributed by atoms with Gasteiger partial charge in [0.1, 0.15) is 18.7 Å². The average Bonchev–Trinajstić information content (AvgIpc) is 2.99. The number of carboxylic acids is 1. The van der Waals surface area contributed by atoms with Crippen LogP contribution in [0.5, 0.6) is 0 Å². The van der Waals surface area contributed by atoms with Crippen molar-refractivity contribution in [1.82, 2.24) is 14.8 Å². The predicted molar refractivity (Wildman–Crippen MR) is 75.8 cm³/mol. The Morgan fingerprint density at radius 1 is 1.38 bits per heavy atom. The van der Waals surface area contributed by atoms with Crippen molar-refractivity contribution < 1.29 is 14.7 Å². The van der Waals surface area contributed by atoms with Gasteiger partial charge in [-0.05, 0) is 25.0 Å². The molecule has 1 amide bonds. The van der Waals surface area contributed by atoms with Gasteiger partial charge < -0.3 is 10.4 Å². The smallest absolute Gasteiger partial charge is 0.303 e. The van der Waals surface area contributed by atoms with Crippen LogP contribution >= 0.6 is 0 Å². The number of aromatic nitrogens is 3. The molecule has 2 rings (SSSR count). The third-order valence-electron chi connectivity index (χ3n) is 3.10. The number of para-hydroxylation sites is 1. The van der Waals surface area contributed by atoms with E-state index >= 15 is 0 Å². The lowest BCUT2D eigenvalue weighted by Gasteiger charge is -2.14. The number of carboxylic acid groups (broad SMARTS) is 1. The Morgan fingerprint density at radius 3 is 2.81 bits per heavy atom. The Hall–Kier alpha value is -2.70. The van der Waals surface area contributed by atoms with E-state index in [4.69, 9.17) is 5.11 Å². The van der Waals surface area contributed by atoms with Gasteiger partial charge in [0.15, 0.2) is 0 Å². The Morgan fingerprint density at radius 2 is 2.14 bits per heavy atom. The summed E-state index contributed by atoms with van der Waals surface area (Å²) in [5, 5.41) is 15.5. The van der Waals surface area contributed by atoms with Gasteiger partial charge in [-0.2, -0.15) is 5.10 Å². The number of nitrogens with zero attached hydrogens (tertiary/aromatic N) is 3. The van der Waals surface area contributed by atoms with Gasteiger partial charge in [0.2, 0.25) is 5.91 Å². The topological polar surface area (TPSA) is 97.1 Å². The molecule has 0 spiro atoms. The van der Waals surface area contributed by atoms with Gasteiger partial charge in [0.25, 0.3) is 0 Å². The van der Waals surface area contributed by atoms with Gasteiger partial charge in [-0.1, -0.05) is 18.2 Å². The van der Waals surface area contributed by atoms with Crippen LogP contribution in [-0.2, 0) is 16.0 Å². The number of anilines is 1. The summed E-state index contributed by atoms with van der Waals surface area (Å²) in [6, 6.07) is 6.66. The van der Waals surface area contributed by atoms with Crippen molar-refractivity contribution in [3.05, 3.63) is 42.5 Å². The lowest BCUT2D eigenvalue weighted by molar-refractivity contribution is -0.137. The van der Waals surface area contributed by atoms with E-state index in [2.05, 4.69) is 15.4 Å². The number of hydrogen-bond acceptors (Lipinski definition) is 4. The minimum atomic E-state index is -0.868. The minimum Gasteiger partial charge on any atom is -0.481 e. The molecule has 0 aliphatic carbocycles. The number of aliphatic carboxylic acids is 1. The minimum absolute atomic E-state index is 0.0194. The molecule has 0 radical (unpaired) electrons. The highest BCUT2D eigenvalue weighted by Crippen LogP contribution is 2.18. The van der Waals surface area contributed by atoms with E-state index in [1.807, 2.05) is 6.07 Å². The molecular formula is C14H16N4O3. The SMILES string of the molecule is CC(C(=O)Nc1ccccc1CCC(=O)O)n1cncn1. The monoisotopic (exact) mass is 288 g/mol. The molecule has 0 aliphatic rings. The number of aryl methyl sites for hydroxylation is 1. The van der Waals surface area contributed by atoms with E-state index in [9.17, 15) is 9.59 Å². The molecule has 1 atom stereocenters. The highest BCUT2D eigenvalue weighted by Gasteiger charge is 2.16. The van der Waals surface area contributed by atoms with Crippen LogP contribution in [0.25, 0.3) is 0 Å². The third-order valence-corrected chi connectivity index (χ3v) is 3.10. The van der Waals surface area contributed by atoms with Crippen LogP contribution in [0.4, 0.5) is 5.69 Å². The van der Waals surface area contributed by atoms with Crippen LogP contribution < -0.4 is 5.32 Å². The van der Waals surface area contributed by atoms with Crippen molar-refractivity contribution in [3.63, 3.8) is 0 Å². The largest absolute Gasteiger partial charge is 0.481 e. The molecule has 1 unspecified atom stereocenters. The standard InChI is InChI=1S/C14H16N4O3/c1-10(18-9-15-8-16-18)14(21)17-12-5-3-2-4-11(12)6-7-13(19)20/h2-5,8-10H,6-7H2,1H3,(H,17,21)(H,19,20). The van der Waals surface area contributed by atoms with Crippen LogP contribution in [0.15, 0.2) is 36.9 Å². The quantitative estimate of drug-likeness (QED) is 0.839. The van der Waals surface area contributed by atoms with Crippen molar-refractivity contribution in [1.29, 1.82) is 0 Å². The summed E-state index contributed by atoms with van der Waals surface area (Å²) in [6.45, 7) is 1.71. The van der Waals surface area contributed by atoms with Crippen LogP contribution in [0.1, 0.15) is 24.9 Å². The molecule has 0 fully saturated rings. The van der Waals surface area contributed by atoms with Gasteiger partial charge in [-0.15, -0.1) is 0 Å². The highest BCUT2D eigenvalue weighted by molar-refractivity contribution is 5.94. The summed E-state index contributed by atoms with van der Waals surface area (Å²) in [6.07, 6.45) is 3.22. The van der Waals surface area contributed by atoms with Crippen LogP contribution in [-0.4, -0.2) is 31.7 Å². The zero-order chi connectivity index (χ0) is 15.2. The van der Waals surface area contributed by atoms with Crippen molar-refractivity contribution in [3.8, 4) is 0 Å². The highest BCUT2D eigenvalue weighted by atomic mass is 16.4. The number of hydrogen-bond donors (Lipinski definition) is 2. The average molecular weight is 288 g/mol. The normalized spacial score (nSPS) is 11.9. The van der Waals surface area contributed by atoms with Crippen molar-refractivity contribution in [2.45, 2.75) is 25.8 Å². The molecule has 2 N–H and O–H groups in total. The van der Waals surface area contributed by atoms with Crippen molar-refractivity contribution in [2.24, 2.45) is 0 Å². The van der Waals surface area contributed by atoms with Crippen LogP contribution in [0, 0.1) is 0 Å². The Bertz CT molecular complexity index is 625. The molecular weight excluding hydrogens is 272 g/mol. The molecule has 110 valence electrons. The number of benzene rings is 1. The van der Waals surface area contributed by atoms with Crippen molar-refractivity contribution in [2.75, 3.05) is 5.32 Å². The molecule has 7 nitrogen and oxygen atoms in total. The van der Waals surface area contributed by atoms with Gasteiger partial charge in [-0.3, -0.25) is 9.59 Å². The second kappa shape index (κ2) is 6.65. The molecule has 1 heterocycles. The van der Waals surface area contributed by atoms with E-state index in [0.29, 0.717) is 12.1 Å². The zero-order valence-electron chi connectivity index (χ0n) is 11.6. The number of amides is 1. The Kier molecular flexibility index (Phi) is 4.65. The fourth-order valence-electron chi connectivity index (χ4n) is 1.88. The summed E-state index contributed by atoms with van der Waals surface area (Å²) in [4.78, 5) is 26.7. The van der Waals surface area contributed by atoms with E-state index < -0.39 is 12.0 Å². The Balaban J connectivity index is 2.08. The summed E-state index contributed by atoms with van der Waals surface area (Å²) < 4.78 is 1.45. The second-order valence-corrected chi connectivity index (χ2v) is 4.59. The van der Waals surface area contributed by atoms with E-state index in [0.717, 1.165) is 5.56 Å². The molecule has 0 saturated carbocycles. The van der Waals surface area contributed by atoms with Gasteiger partial charge in [0, 0.05) is 12.1 Å². The molecule has 1 aromatic heterocycles. The number of nitrogens with one attached hydrogen (secondary N) is 1. The first-order valence-electron chi connectivity index (χ1n) is 6.52. The van der Waals surface area contributed by atoms with Crippen molar-refractivity contribution >= 4 is 17.6 Å². The zero-order valence-corrected chi connectivity index (χ0v) is 11.6. The molecule has 0 saturated heterocycles. The molecule has 1 aromatic carbocycles. The second-order valence-electron chi connectivity index (χ2n) is 4.59. The molecule has 0 bridgehead atoms. The van der Waals surface area contributed by atoms with Crippen LogP contribution in [0.2, 0.25) is 0 Å². The van der Waals surface area contributed by atoms with Crippen LogP contribution in [0.3, 0.4) is 0 Å². The maximum Gasteiger partial charge on any atom is 0.303 e. The fourth-order valence-corrected chi connectivity index (χ4v) is 1.88. The number of carbonyl (C=O) groups is 2. The van der Waals surface area contributed by atoms with Gasteiger partial charge >= 0.3 is 5.97 Å². The third kappa shape index (κ3) is 3.88. The first kappa shape index (κ1) is 14.7. The first-order valence-corrected chi connectivity index (χ1v) is 6.52. The lowest BCUT2D eigenvalue weighted by atomic mass is 10.1. The summed E-state index contributed by atoms with van der Waals surface area (Å²) >= 11 is 0. The molecule has 0 aliphatic heterocycles. The van der Waals surface area contributed by atoms with Gasteiger partial charge in [0.05, 0.1) is 0 Å². The maximum absolute atomic E-state index is 12.2. The van der Waals surface area contributed by atoms with Gasteiger partial charge in [-0.25, -0.2) is 9.67 Å². The molecule has 7 heteroatoms. The summed E-state index contributed by atoms with van der Waals surface area (Å²) in [5.74, 6) is -1.10.